The Hall–Kier alpha value is -3.30. The molecule has 0 spiro atoms. The zero-order valence-electron chi connectivity index (χ0n) is 14.8. The van der Waals surface area contributed by atoms with Crippen LogP contribution >= 0.6 is 0 Å². The van der Waals surface area contributed by atoms with Gasteiger partial charge in [-0.05, 0) is 49.4 Å². The van der Waals surface area contributed by atoms with E-state index in [1.165, 1.54) is 19.2 Å². The van der Waals surface area contributed by atoms with Crippen LogP contribution in [0.15, 0.2) is 76.5 Å². The van der Waals surface area contributed by atoms with Gasteiger partial charge in [0, 0.05) is 0 Å². The normalized spacial score (nSPS) is 10.9. The van der Waals surface area contributed by atoms with Gasteiger partial charge in [0.15, 0.2) is 0 Å². The number of nitrogens with zero attached hydrogens (tertiary/aromatic N) is 1. The number of hydrogen-bond acceptors (Lipinski definition) is 5. The quantitative estimate of drug-likeness (QED) is 0.652. The van der Waals surface area contributed by atoms with Gasteiger partial charge >= 0.3 is 0 Å². The molecular weight excluding hydrogens is 362 g/mol. The lowest BCUT2D eigenvalue weighted by atomic mass is 10.2. The van der Waals surface area contributed by atoms with Gasteiger partial charge in [0.25, 0.3) is 0 Å². The summed E-state index contributed by atoms with van der Waals surface area (Å²) in [6.07, 6.45) is 0. The second kappa shape index (κ2) is 7.52. The third-order valence-corrected chi connectivity index (χ3v) is 5.76. The Kier molecular flexibility index (Phi) is 5.15. The first-order chi connectivity index (χ1) is 13.0. The summed E-state index contributed by atoms with van der Waals surface area (Å²) in [6, 6.07) is 19.9. The predicted octanol–water partition coefficient (Wildman–Crippen LogP) is 4.50. The number of benzene rings is 3. The highest BCUT2D eigenvalue weighted by Gasteiger charge is 2.19. The van der Waals surface area contributed by atoms with E-state index in [0.29, 0.717) is 17.2 Å². The minimum absolute atomic E-state index is 0.116. The van der Waals surface area contributed by atoms with Gasteiger partial charge in [-0.2, -0.15) is 5.26 Å². The molecule has 3 aromatic carbocycles. The Balaban J connectivity index is 1.98. The average molecular weight is 379 g/mol. The van der Waals surface area contributed by atoms with Gasteiger partial charge in [-0.1, -0.05) is 29.8 Å². The van der Waals surface area contributed by atoms with E-state index in [1.54, 1.807) is 54.6 Å². The van der Waals surface area contributed by atoms with Crippen LogP contribution in [-0.4, -0.2) is 15.5 Å². The Morgan fingerprint density at radius 2 is 1.56 bits per heavy atom. The number of aryl methyl sites for hydroxylation is 1. The number of sulfone groups is 1. The summed E-state index contributed by atoms with van der Waals surface area (Å²) < 4.78 is 36.6. The second-order valence-corrected chi connectivity index (χ2v) is 7.79. The number of rotatable bonds is 5. The maximum atomic E-state index is 12.8. The Morgan fingerprint density at radius 1 is 0.889 bits per heavy atom. The molecule has 0 unspecified atom stereocenters. The summed E-state index contributed by atoms with van der Waals surface area (Å²) in [5.41, 5.74) is 1.22. The van der Waals surface area contributed by atoms with Crippen LogP contribution in [0.25, 0.3) is 0 Å². The van der Waals surface area contributed by atoms with Crippen LogP contribution in [0, 0.1) is 18.3 Å². The molecule has 6 heteroatoms. The van der Waals surface area contributed by atoms with Gasteiger partial charge < -0.3 is 9.47 Å². The molecule has 0 saturated carbocycles. The smallest absolute Gasteiger partial charge is 0.206 e. The lowest BCUT2D eigenvalue weighted by molar-refractivity contribution is 0.407. The molecule has 0 aliphatic heterocycles. The summed E-state index contributed by atoms with van der Waals surface area (Å²) in [5.74, 6) is 0.994. The minimum Gasteiger partial charge on any atom is -0.495 e. The van der Waals surface area contributed by atoms with Crippen LogP contribution in [0.1, 0.15) is 11.1 Å². The van der Waals surface area contributed by atoms with E-state index in [4.69, 9.17) is 9.47 Å². The van der Waals surface area contributed by atoms with Crippen molar-refractivity contribution in [2.75, 3.05) is 7.11 Å². The molecule has 3 aromatic rings. The molecule has 0 heterocycles. The van der Waals surface area contributed by atoms with Crippen molar-refractivity contribution in [2.45, 2.75) is 16.7 Å². The molecule has 27 heavy (non-hydrogen) atoms. The summed E-state index contributed by atoms with van der Waals surface area (Å²) in [5, 5.41) is 9.36. The largest absolute Gasteiger partial charge is 0.495 e. The Morgan fingerprint density at radius 3 is 2.22 bits per heavy atom. The molecule has 0 aliphatic rings. The van der Waals surface area contributed by atoms with Crippen molar-refractivity contribution in [1.29, 1.82) is 5.26 Å². The topological polar surface area (TPSA) is 76.4 Å². The first kappa shape index (κ1) is 18.5. The summed E-state index contributed by atoms with van der Waals surface area (Å²) in [6.45, 7) is 1.89. The third-order valence-electron chi connectivity index (χ3n) is 3.99. The van der Waals surface area contributed by atoms with Crippen LogP contribution < -0.4 is 9.47 Å². The first-order valence-electron chi connectivity index (χ1n) is 8.12. The van der Waals surface area contributed by atoms with Gasteiger partial charge in [0.1, 0.15) is 28.9 Å². The van der Waals surface area contributed by atoms with Crippen molar-refractivity contribution in [3.63, 3.8) is 0 Å². The lowest BCUT2D eigenvalue weighted by Gasteiger charge is -2.11. The monoisotopic (exact) mass is 379 g/mol. The van der Waals surface area contributed by atoms with Crippen molar-refractivity contribution in [1.82, 2.24) is 0 Å². The second-order valence-electron chi connectivity index (χ2n) is 5.84. The van der Waals surface area contributed by atoms with Crippen LogP contribution in [-0.2, 0) is 9.84 Å². The van der Waals surface area contributed by atoms with Crippen molar-refractivity contribution >= 4 is 9.84 Å². The van der Waals surface area contributed by atoms with E-state index < -0.39 is 9.84 Å². The highest BCUT2D eigenvalue weighted by molar-refractivity contribution is 7.91. The standard InChI is InChI=1S/C21H17NO4S/c1-15-9-11-17(12-10-15)27(23,24)18-6-3-5-16(13-18)26-21-8-4-7-20(25-2)19(21)14-22/h3-13H,1-2H3. The molecule has 0 saturated heterocycles. The van der Waals surface area contributed by atoms with Crippen LogP contribution in [0.2, 0.25) is 0 Å². The van der Waals surface area contributed by atoms with Gasteiger partial charge in [0.05, 0.1) is 16.9 Å². The minimum atomic E-state index is -3.67. The van der Waals surface area contributed by atoms with E-state index in [2.05, 4.69) is 0 Å². The predicted molar refractivity (Wildman–Crippen MR) is 101 cm³/mol. The van der Waals surface area contributed by atoms with E-state index in [0.717, 1.165) is 5.56 Å². The Bertz CT molecular complexity index is 1110. The highest BCUT2D eigenvalue weighted by atomic mass is 32.2. The van der Waals surface area contributed by atoms with E-state index in [-0.39, 0.29) is 15.4 Å². The highest BCUT2D eigenvalue weighted by Crippen LogP contribution is 2.32. The zero-order valence-corrected chi connectivity index (χ0v) is 15.7. The fourth-order valence-electron chi connectivity index (χ4n) is 2.56. The van der Waals surface area contributed by atoms with Gasteiger partial charge in [-0.15, -0.1) is 0 Å². The van der Waals surface area contributed by atoms with Gasteiger partial charge in [-0.3, -0.25) is 0 Å². The summed E-state index contributed by atoms with van der Waals surface area (Å²) in [4.78, 5) is 0.328. The van der Waals surface area contributed by atoms with Crippen LogP contribution in [0.4, 0.5) is 0 Å². The molecule has 5 nitrogen and oxygen atoms in total. The number of ether oxygens (including phenoxy) is 2. The van der Waals surface area contributed by atoms with Crippen molar-refractivity contribution < 1.29 is 17.9 Å². The maximum Gasteiger partial charge on any atom is 0.206 e. The lowest BCUT2D eigenvalue weighted by Crippen LogP contribution is -2.02. The zero-order chi connectivity index (χ0) is 19.4. The molecule has 0 atom stereocenters. The number of nitriles is 1. The molecule has 0 bridgehead atoms. The number of methoxy groups -OCH3 is 1. The summed E-state index contributed by atoms with van der Waals surface area (Å²) >= 11 is 0. The molecular formula is C21H17NO4S. The number of hydrogen-bond donors (Lipinski definition) is 0. The molecule has 3 rings (SSSR count). The summed E-state index contributed by atoms with van der Waals surface area (Å²) in [7, 11) is -2.20. The fraction of sp³-hybridized carbons (Fsp3) is 0.0952. The van der Waals surface area contributed by atoms with Gasteiger partial charge in [-0.25, -0.2) is 8.42 Å². The van der Waals surface area contributed by atoms with E-state index >= 15 is 0 Å². The van der Waals surface area contributed by atoms with Crippen molar-refractivity contribution in [2.24, 2.45) is 0 Å². The molecule has 136 valence electrons. The molecule has 0 aromatic heterocycles. The molecule has 0 N–H and O–H groups in total. The van der Waals surface area contributed by atoms with E-state index in [1.807, 2.05) is 13.0 Å². The van der Waals surface area contributed by atoms with Crippen molar-refractivity contribution in [3.8, 4) is 23.3 Å². The molecule has 0 radical (unpaired) electrons. The van der Waals surface area contributed by atoms with E-state index in [9.17, 15) is 13.7 Å². The SMILES string of the molecule is COc1cccc(Oc2cccc(S(=O)(=O)c3ccc(C)cc3)c2)c1C#N. The Labute approximate surface area is 158 Å². The maximum absolute atomic E-state index is 12.8. The molecule has 0 amide bonds. The first-order valence-corrected chi connectivity index (χ1v) is 9.61. The fourth-order valence-corrected chi connectivity index (χ4v) is 3.86. The van der Waals surface area contributed by atoms with Crippen LogP contribution in [0.5, 0.6) is 17.2 Å². The average Bonchev–Trinajstić information content (AvgIpc) is 2.68. The van der Waals surface area contributed by atoms with Gasteiger partial charge in [0.2, 0.25) is 9.84 Å². The van der Waals surface area contributed by atoms with Crippen LogP contribution in [0.3, 0.4) is 0 Å². The third kappa shape index (κ3) is 3.78. The molecule has 0 aliphatic carbocycles. The molecule has 0 fully saturated rings. The van der Waals surface area contributed by atoms with Crippen molar-refractivity contribution in [3.05, 3.63) is 77.9 Å².